The molecule has 0 saturated heterocycles. The number of hydrogen-bond donors (Lipinski definition) is 1. The van der Waals surface area contributed by atoms with Crippen LogP contribution in [0.4, 0.5) is 0 Å². The van der Waals surface area contributed by atoms with Crippen LogP contribution in [0.25, 0.3) is 5.69 Å². The Morgan fingerprint density at radius 1 is 1.37 bits per heavy atom. The van der Waals surface area contributed by atoms with Crippen molar-refractivity contribution in [2.24, 2.45) is 5.73 Å². The average Bonchev–Trinajstić information content (AvgIpc) is 2.84. The Balaban J connectivity index is 2.56. The molecule has 1 aromatic heterocycles. The van der Waals surface area contributed by atoms with Gasteiger partial charge in [-0.1, -0.05) is 36.7 Å². The molecule has 0 fully saturated rings. The zero-order valence-corrected chi connectivity index (χ0v) is 12.3. The Morgan fingerprint density at radius 2 is 2.11 bits per heavy atom. The molecule has 0 saturated carbocycles. The molecule has 2 rings (SSSR count). The lowest BCUT2D eigenvalue weighted by molar-refractivity contribution is 0.665. The standard InChI is InChI=1S/C14H19ClN4/c1-4-11(16)14-12(5-2)19(18-17-14)13-8-10(15)7-6-9(13)3/h6-8,11H,4-5,16H2,1-3H3. The fourth-order valence-corrected chi connectivity index (χ4v) is 2.30. The van der Waals surface area contributed by atoms with Gasteiger partial charge < -0.3 is 5.73 Å². The van der Waals surface area contributed by atoms with Crippen molar-refractivity contribution >= 4 is 11.6 Å². The Kier molecular flexibility index (Phi) is 4.22. The first-order chi connectivity index (χ1) is 9.08. The molecule has 1 aromatic carbocycles. The first kappa shape index (κ1) is 14.0. The van der Waals surface area contributed by atoms with Gasteiger partial charge in [0.05, 0.1) is 17.4 Å². The highest BCUT2D eigenvalue weighted by Gasteiger charge is 2.18. The summed E-state index contributed by atoms with van der Waals surface area (Å²) in [6, 6.07) is 5.70. The summed E-state index contributed by atoms with van der Waals surface area (Å²) in [5.41, 5.74) is 10.1. The van der Waals surface area contributed by atoms with Crippen molar-refractivity contribution in [1.29, 1.82) is 0 Å². The van der Waals surface area contributed by atoms with Gasteiger partial charge in [-0.2, -0.15) is 0 Å². The van der Waals surface area contributed by atoms with Gasteiger partial charge in [0.2, 0.25) is 0 Å². The molecule has 2 N–H and O–H groups in total. The van der Waals surface area contributed by atoms with Crippen LogP contribution >= 0.6 is 11.6 Å². The molecular formula is C14H19ClN4. The number of nitrogens with two attached hydrogens (primary N) is 1. The minimum Gasteiger partial charge on any atom is -0.323 e. The molecule has 0 amide bonds. The molecule has 4 nitrogen and oxygen atoms in total. The third-order valence-electron chi connectivity index (χ3n) is 3.32. The van der Waals surface area contributed by atoms with E-state index in [1.54, 1.807) is 0 Å². The second-order valence-electron chi connectivity index (χ2n) is 4.63. The minimum absolute atomic E-state index is 0.0665. The summed E-state index contributed by atoms with van der Waals surface area (Å²) >= 11 is 6.07. The molecular weight excluding hydrogens is 260 g/mol. The number of rotatable bonds is 4. The minimum atomic E-state index is -0.0665. The van der Waals surface area contributed by atoms with E-state index < -0.39 is 0 Å². The number of hydrogen-bond acceptors (Lipinski definition) is 3. The molecule has 102 valence electrons. The molecule has 1 atom stereocenters. The lowest BCUT2D eigenvalue weighted by atomic mass is 10.1. The lowest BCUT2D eigenvalue weighted by Crippen LogP contribution is -2.12. The maximum atomic E-state index is 6.09. The molecule has 1 unspecified atom stereocenters. The molecule has 0 spiro atoms. The highest BCUT2D eigenvalue weighted by Crippen LogP contribution is 2.24. The molecule has 0 radical (unpaired) electrons. The summed E-state index contributed by atoms with van der Waals surface area (Å²) in [4.78, 5) is 0. The van der Waals surface area contributed by atoms with E-state index in [-0.39, 0.29) is 6.04 Å². The Labute approximate surface area is 118 Å². The highest BCUT2D eigenvalue weighted by molar-refractivity contribution is 6.30. The molecule has 2 aromatic rings. The van der Waals surface area contributed by atoms with Crippen LogP contribution in [-0.2, 0) is 6.42 Å². The van der Waals surface area contributed by atoms with Crippen molar-refractivity contribution in [2.45, 2.75) is 39.7 Å². The van der Waals surface area contributed by atoms with Crippen LogP contribution in [0.15, 0.2) is 18.2 Å². The van der Waals surface area contributed by atoms with Gasteiger partial charge in [-0.05, 0) is 37.5 Å². The van der Waals surface area contributed by atoms with E-state index in [0.717, 1.165) is 35.5 Å². The van der Waals surface area contributed by atoms with E-state index >= 15 is 0 Å². The summed E-state index contributed by atoms with van der Waals surface area (Å²) in [5, 5.41) is 9.20. The van der Waals surface area contributed by atoms with Crippen LogP contribution in [0, 0.1) is 6.92 Å². The highest BCUT2D eigenvalue weighted by atomic mass is 35.5. The SMILES string of the molecule is CCc1c(C(N)CC)nnn1-c1cc(Cl)ccc1C. The van der Waals surface area contributed by atoms with Crippen molar-refractivity contribution in [1.82, 2.24) is 15.0 Å². The van der Waals surface area contributed by atoms with E-state index in [4.69, 9.17) is 17.3 Å². The van der Waals surface area contributed by atoms with Gasteiger partial charge in [0.15, 0.2) is 0 Å². The van der Waals surface area contributed by atoms with Crippen molar-refractivity contribution in [3.63, 3.8) is 0 Å². The maximum absolute atomic E-state index is 6.09. The van der Waals surface area contributed by atoms with Crippen LogP contribution in [0.5, 0.6) is 0 Å². The van der Waals surface area contributed by atoms with E-state index in [1.165, 1.54) is 0 Å². The molecule has 0 bridgehead atoms. The van der Waals surface area contributed by atoms with Crippen LogP contribution in [0.2, 0.25) is 5.02 Å². The monoisotopic (exact) mass is 278 g/mol. The summed E-state index contributed by atoms with van der Waals surface area (Å²) < 4.78 is 1.85. The first-order valence-corrected chi connectivity index (χ1v) is 6.92. The third-order valence-corrected chi connectivity index (χ3v) is 3.55. The van der Waals surface area contributed by atoms with Gasteiger partial charge in [0, 0.05) is 5.02 Å². The predicted octanol–water partition coefficient (Wildman–Crippen LogP) is 3.20. The normalized spacial score (nSPS) is 12.7. The molecule has 0 aliphatic rings. The van der Waals surface area contributed by atoms with Gasteiger partial charge in [0.25, 0.3) is 0 Å². The average molecular weight is 279 g/mol. The second kappa shape index (κ2) is 5.72. The van der Waals surface area contributed by atoms with Gasteiger partial charge in [-0.3, -0.25) is 0 Å². The Morgan fingerprint density at radius 3 is 2.74 bits per heavy atom. The van der Waals surface area contributed by atoms with Gasteiger partial charge in [0.1, 0.15) is 5.69 Å². The number of aryl methyl sites for hydroxylation is 1. The van der Waals surface area contributed by atoms with Crippen LogP contribution in [0.1, 0.15) is 43.3 Å². The van der Waals surface area contributed by atoms with Crippen molar-refractivity contribution < 1.29 is 0 Å². The quantitative estimate of drug-likeness (QED) is 0.934. The lowest BCUT2D eigenvalue weighted by Gasteiger charge is -2.11. The summed E-state index contributed by atoms with van der Waals surface area (Å²) in [6.45, 7) is 6.17. The molecule has 0 aliphatic carbocycles. The summed E-state index contributed by atoms with van der Waals surface area (Å²) in [6.07, 6.45) is 1.68. The summed E-state index contributed by atoms with van der Waals surface area (Å²) in [5.74, 6) is 0. The van der Waals surface area contributed by atoms with Gasteiger partial charge in [-0.25, -0.2) is 4.68 Å². The Hall–Kier alpha value is -1.39. The zero-order valence-electron chi connectivity index (χ0n) is 11.5. The van der Waals surface area contributed by atoms with Crippen LogP contribution < -0.4 is 5.73 Å². The fourth-order valence-electron chi connectivity index (χ4n) is 2.13. The summed E-state index contributed by atoms with van der Waals surface area (Å²) in [7, 11) is 0. The van der Waals surface area contributed by atoms with Crippen molar-refractivity contribution in [2.75, 3.05) is 0 Å². The van der Waals surface area contributed by atoms with Crippen LogP contribution in [-0.4, -0.2) is 15.0 Å². The van der Waals surface area contributed by atoms with Gasteiger partial charge in [-0.15, -0.1) is 5.10 Å². The van der Waals surface area contributed by atoms with E-state index in [0.29, 0.717) is 5.02 Å². The maximum Gasteiger partial charge on any atom is 0.103 e. The van der Waals surface area contributed by atoms with E-state index in [2.05, 4.69) is 17.2 Å². The fraction of sp³-hybridized carbons (Fsp3) is 0.429. The van der Waals surface area contributed by atoms with Crippen molar-refractivity contribution in [3.8, 4) is 5.69 Å². The topological polar surface area (TPSA) is 56.7 Å². The zero-order chi connectivity index (χ0) is 14.0. The van der Waals surface area contributed by atoms with Crippen LogP contribution in [0.3, 0.4) is 0 Å². The number of benzene rings is 1. The number of nitrogens with zero attached hydrogens (tertiary/aromatic N) is 3. The van der Waals surface area contributed by atoms with Crippen molar-refractivity contribution in [3.05, 3.63) is 40.2 Å². The number of aromatic nitrogens is 3. The third kappa shape index (κ3) is 2.65. The molecule has 0 aliphatic heterocycles. The smallest absolute Gasteiger partial charge is 0.103 e. The van der Waals surface area contributed by atoms with E-state index in [1.807, 2.05) is 36.7 Å². The molecule has 5 heteroatoms. The number of halogens is 1. The molecule has 1 heterocycles. The Bertz CT molecular complexity index is 577. The van der Waals surface area contributed by atoms with Gasteiger partial charge >= 0.3 is 0 Å². The van der Waals surface area contributed by atoms with E-state index in [9.17, 15) is 0 Å². The second-order valence-corrected chi connectivity index (χ2v) is 5.07. The molecule has 19 heavy (non-hydrogen) atoms. The largest absolute Gasteiger partial charge is 0.323 e. The first-order valence-electron chi connectivity index (χ1n) is 6.55. The predicted molar refractivity (Wildman–Crippen MR) is 77.7 cm³/mol.